The van der Waals surface area contributed by atoms with Crippen LogP contribution in [-0.4, -0.2) is 42.1 Å². The third-order valence-corrected chi connectivity index (χ3v) is 5.53. The molecule has 5 heteroatoms. The summed E-state index contributed by atoms with van der Waals surface area (Å²) in [5, 5.41) is 12.5. The van der Waals surface area contributed by atoms with Crippen molar-refractivity contribution >= 4 is 18.3 Å². The molecule has 1 unspecified atom stereocenters. The van der Waals surface area contributed by atoms with Crippen molar-refractivity contribution in [3.8, 4) is 0 Å². The predicted molar refractivity (Wildman–Crippen MR) is 98.2 cm³/mol. The van der Waals surface area contributed by atoms with Crippen molar-refractivity contribution in [2.24, 2.45) is 11.3 Å². The molecule has 0 bridgehead atoms. The number of nitrogens with one attached hydrogen (secondary N) is 1. The highest BCUT2D eigenvalue weighted by Gasteiger charge is 2.39. The molecule has 0 aromatic heterocycles. The average molecular weight is 353 g/mol. The average Bonchev–Trinajstić information content (AvgIpc) is 3.04. The number of carbonyl (C=O) groups excluding carboxylic acids is 1. The van der Waals surface area contributed by atoms with Gasteiger partial charge in [-0.15, -0.1) is 12.4 Å². The highest BCUT2D eigenvalue weighted by molar-refractivity contribution is 5.85. The number of nitrogens with zero attached hydrogens (tertiary/aromatic N) is 1. The van der Waals surface area contributed by atoms with Gasteiger partial charge in [0.25, 0.3) is 0 Å². The van der Waals surface area contributed by atoms with Crippen molar-refractivity contribution in [1.82, 2.24) is 10.2 Å². The molecule has 1 atom stereocenters. The molecular weight excluding hydrogens is 324 g/mol. The van der Waals surface area contributed by atoms with Crippen LogP contribution in [0.5, 0.6) is 0 Å². The zero-order valence-corrected chi connectivity index (χ0v) is 15.3. The minimum Gasteiger partial charge on any atom is -0.392 e. The van der Waals surface area contributed by atoms with Crippen LogP contribution in [0.1, 0.15) is 37.3 Å². The summed E-state index contributed by atoms with van der Waals surface area (Å²) in [6.07, 6.45) is 4.03. The van der Waals surface area contributed by atoms with Crippen LogP contribution < -0.4 is 5.32 Å². The summed E-state index contributed by atoms with van der Waals surface area (Å²) in [6.45, 7) is 5.94. The quantitative estimate of drug-likeness (QED) is 0.874. The van der Waals surface area contributed by atoms with E-state index in [-0.39, 0.29) is 24.4 Å². The zero-order valence-electron chi connectivity index (χ0n) is 14.5. The lowest BCUT2D eigenvalue weighted by Crippen LogP contribution is -2.47. The van der Waals surface area contributed by atoms with E-state index >= 15 is 0 Å². The molecule has 2 saturated heterocycles. The van der Waals surface area contributed by atoms with E-state index in [1.807, 2.05) is 12.1 Å². The third kappa shape index (κ3) is 4.29. The molecule has 3 rings (SSSR count). The fourth-order valence-electron chi connectivity index (χ4n) is 3.87. The van der Waals surface area contributed by atoms with Gasteiger partial charge in [-0.3, -0.25) is 4.79 Å². The minimum atomic E-state index is -0.164. The Labute approximate surface area is 151 Å². The van der Waals surface area contributed by atoms with E-state index in [2.05, 4.69) is 29.3 Å². The molecule has 2 aliphatic rings. The van der Waals surface area contributed by atoms with E-state index in [0.717, 1.165) is 57.4 Å². The van der Waals surface area contributed by atoms with Crippen LogP contribution in [-0.2, 0) is 17.8 Å². The van der Waals surface area contributed by atoms with E-state index in [9.17, 15) is 4.79 Å². The number of piperidine rings is 1. The number of likely N-dealkylation sites (tertiary alicyclic amines) is 1. The first-order valence-electron chi connectivity index (χ1n) is 8.79. The Morgan fingerprint density at radius 1 is 1.25 bits per heavy atom. The first-order chi connectivity index (χ1) is 11.1. The highest BCUT2D eigenvalue weighted by Crippen LogP contribution is 2.33. The van der Waals surface area contributed by atoms with Gasteiger partial charge in [0.05, 0.1) is 6.61 Å². The van der Waals surface area contributed by atoms with Crippen molar-refractivity contribution in [3.63, 3.8) is 0 Å². The summed E-state index contributed by atoms with van der Waals surface area (Å²) < 4.78 is 0. The smallest absolute Gasteiger partial charge is 0.228 e. The summed E-state index contributed by atoms with van der Waals surface area (Å²) in [5.74, 6) is 0.918. The van der Waals surface area contributed by atoms with E-state index in [1.54, 1.807) is 0 Å². The minimum absolute atomic E-state index is 0. The van der Waals surface area contributed by atoms with Gasteiger partial charge in [0.15, 0.2) is 0 Å². The van der Waals surface area contributed by atoms with Crippen LogP contribution in [0.25, 0.3) is 0 Å². The molecular formula is C19H29ClN2O2. The van der Waals surface area contributed by atoms with Crippen LogP contribution in [0.3, 0.4) is 0 Å². The van der Waals surface area contributed by atoms with Gasteiger partial charge in [-0.25, -0.2) is 0 Å². The summed E-state index contributed by atoms with van der Waals surface area (Å²) in [5.41, 5.74) is 2.09. The molecule has 1 aromatic rings. The van der Waals surface area contributed by atoms with Crippen molar-refractivity contribution in [3.05, 3.63) is 35.4 Å². The second-order valence-electron chi connectivity index (χ2n) is 7.40. The maximum absolute atomic E-state index is 12.9. The first kappa shape index (κ1) is 19.2. The molecule has 4 nitrogen and oxygen atoms in total. The van der Waals surface area contributed by atoms with E-state index in [0.29, 0.717) is 11.8 Å². The number of benzene rings is 1. The number of aliphatic hydroxyl groups excluding tert-OH is 1. The van der Waals surface area contributed by atoms with Gasteiger partial charge in [0, 0.05) is 18.5 Å². The number of amides is 1. The van der Waals surface area contributed by atoms with Crippen LogP contribution in [0.15, 0.2) is 24.3 Å². The standard InChI is InChI=1S/C19H28N2O2.ClH/c1-19(7-9-20-10-8-19)18(23)21-11-6-17(13-21)12-15-2-4-16(14-22)5-3-15;/h2-5,17,20,22H,6-14H2,1H3;1H. The summed E-state index contributed by atoms with van der Waals surface area (Å²) in [6, 6.07) is 8.18. The van der Waals surface area contributed by atoms with Gasteiger partial charge in [-0.2, -0.15) is 0 Å². The molecule has 0 aliphatic carbocycles. The van der Waals surface area contributed by atoms with Gasteiger partial charge in [-0.05, 0) is 55.8 Å². The Bertz CT molecular complexity index is 541. The fraction of sp³-hybridized carbons (Fsp3) is 0.632. The summed E-state index contributed by atoms with van der Waals surface area (Å²) >= 11 is 0. The van der Waals surface area contributed by atoms with Gasteiger partial charge in [0.1, 0.15) is 0 Å². The molecule has 2 aliphatic heterocycles. The lowest BCUT2D eigenvalue weighted by atomic mass is 9.79. The number of hydrogen-bond donors (Lipinski definition) is 2. The fourth-order valence-corrected chi connectivity index (χ4v) is 3.87. The number of rotatable bonds is 4. The Kier molecular flexibility index (Phi) is 6.67. The molecule has 24 heavy (non-hydrogen) atoms. The zero-order chi connectivity index (χ0) is 16.3. The molecule has 0 saturated carbocycles. The second-order valence-corrected chi connectivity index (χ2v) is 7.40. The first-order valence-corrected chi connectivity index (χ1v) is 8.79. The number of hydrogen-bond acceptors (Lipinski definition) is 3. The van der Waals surface area contributed by atoms with Crippen LogP contribution in [0.4, 0.5) is 0 Å². The molecule has 2 N–H and O–H groups in total. The van der Waals surface area contributed by atoms with Crippen molar-refractivity contribution in [2.75, 3.05) is 26.2 Å². The monoisotopic (exact) mass is 352 g/mol. The van der Waals surface area contributed by atoms with Crippen molar-refractivity contribution in [1.29, 1.82) is 0 Å². The number of carbonyl (C=O) groups is 1. The molecule has 2 heterocycles. The molecule has 2 fully saturated rings. The van der Waals surface area contributed by atoms with Crippen molar-refractivity contribution < 1.29 is 9.90 Å². The lowest BCUT2D eigenvalue weighted by Gasteiger charge is -2.36. The molecule has 0 radical (unpaired) electrons. The summed E-state index contributed by atoms with van der Waals surface area (Å²) in [7, 11) is 0. The molecule has 1 aromatic carbocycles. The number of halogens is 1. The number of aliphatic hydroxyl groups is 1. The van der Waals surface area contributed by atoms with Gasteiger partial charge in [-0.1, -0.05) is 31.2 Å². The highest BCUT2D eigenvalue weighted by atomic mass is 35.5. The third-order valence-electron chi connectivity index (χ3n) is 5.53. The topological polar surface area (TPSA) is 52.6 Å². The Morgan fingerprint density at radius 3 is 2.50 bits per heavy atom. The van der Waals surface area contributed by atoms with Crippen LogP contribution in [0.2, 0.25) is 0 Å². The van der Waals surface area contributed by atoms with Gasteiger partial charge in [0.2, 0.25) is 5.91 Å². The van der Waals surface area contributed by atoms with Gasteiger partial charge < -0.3 is 15.3 Å². The summed E-state index contributed by atoms with van der Waals surface area (Å²) in [4.78, 5) is 15.0. The Hall–Kier alpha value is -1.10. The molecule has 0 spiro atoms. The van der Waals surface area contributed by atoms with E-state index in [1.165, 1.54) is 5.56 Å². The molecule has 1 amide bonds. The maximum atomic E-state index is 12.9. The largest absolute Gasteiger partial charge is 0.392 e. The lowest BCUT2D eigenvalue weighted by molar-refractivity contribution is -0.141. The maximum Gasteiger partial charge on any atom is 0.228 e. The Morgan fingerprint density at radius 2 is 1.88 bits per heavy atom. The normalized spacial score (nSPS) is 22.9. The van der Waals surface area contributed by atoms with E-state index < -0.39 is 0 Å². The Balaban J connectivity index is 0.00000208. The SMILES string of the molecule is CC1(C(=O)N2CCC(Cc3ccc(CO)cc3)C2)CCNCC1.Cl. The van der Waals surface area contributed by atoms with Crippen molar-refractivity contribution in [2.45, 2.75) is 39.2 Å². The molecule has 134 valence electrons. The van der Waals surface area contributed by atoms with Crippen LogP contribution in [0, 0.1) is 11.3 Å². The predicted octanol–water partition coefficient (Wildman–Crippen LogP) is 2.38. The second kappa shape index (κ2) is 8.32. The van der Waals surface area contributed by atoms with Crippen LogP contribution >= 0.6 is 12.4 Å². The van der Waals surface area contributed by atoms with E-state index in [4.69, 9.17) is 5.11 Å². The van der Waals surface area contributed by atoms with Gasteiger partial charge >= 0.3 is 0 Å².